The van der Waals surface area contributed by atoms with E-state index in [0.717, 1.165) is 113 Å². The van der Waals surface area contributed by atoms with Gasteiger partial charge in [0.25, 0.3) is 5.91 Å². The molecule has 14 heteroatoms. The van der Waals surface area contributed by atoms with Crippen molar-refractivity contribution in [2.45, 2.75) is 76.5 Å². The number of fused-ring (bicyclic) bond motifs is 1. The Kier molecular flexibility index (Phi) is 11.4. The smallest absolute Gasteiger partial charge is 0.328 e. The van der Waals surface area contributed by atoms with Gasteiger partial charge < -0.3 is 24.4 Å². The van der Waals surface area contributed by atoms with Gasteiger partial charge in [0, 0.05) is 62.8 Å². The molecule has 0 spiro atoms. The molecule has 2 aromatic carbocycles. The molecule has 3 saturated heterocycles. The highest BCUT2D eigenvalue weighted by Crippen LogP contribution is 2.32. The second kappa shape index (κ2) is 16.9. The number of hydrogen-bond acceptors (Lipinski definition) is 9. The third kappa shape index (κ3) is 8.61. The van der Waals surface area contributed by atoms with Crippen LogP contribution in [0.25, 0.3) is 10.9 Å². The molecule has 3 aliphatic heterocycles. The van der Waals surface area contributed by atoms with Crippen LogP contribution in [0.3, 0.4) is 0 Å². The molecule has 4 fully saturated rings. The van der Waals surface area contributed by atoms with Crippen LogP contribution >= 0.6 is 11.6 Å². The number of likely N-dealkylation sites (tertiary alicyclic amines) is 1. The van der Waals surface area contributed by atoms with Gasteiger partial charge >= 0.3 is 6.03 Å². The number of piperidine rings is 2. The van der Waals surface area contributed by atoms with Crippen molar-refractivity contribution in [1.82, 2.24) is 30.3 Å². The number of ether oxygens (including phenoxy) is 1. The summed E-state index contributed by atoms with van der Waals surface area (Å²) in [5.41, 5.74) is 2.73. The number of nitrogens with zero attached hydrogens (tertiary/aromatic N) is 7. The average molecular weight is 778 g/mol. The summed E-state index contributed by atoms with van der Waals surface area (Å²) in [6, 6.07) is 18.8. The lowest BCUT2D eigenvalue weighted by Crippen LogP contribution is -2.49. The van der Waals surface area contributed by atoms with Crippen LogP contribution in [0.5, 0.6) is 5.75 Å². The van der Waals surface area contributed by atoms with Gasteiger partial charge in [0.15, 0.2) is 11.5 Å². The van der Waals surface area contributed by atoms with E-state index in [1.54, 1.807) is 29.2 Å². The van der Waals surface area contributed by atoms with Gasteiger partial charge in [-0.05, 0) is 119 Å². The van der Waals surface area contributed by atoms with Gasteiger partial charge in [-0.2, -0.15) is 5.26 Å². The summed E-state index contributed by atoms with van der Waals surface area (Å²) in [7, 11) is 0. The van der Waals surface area contributed by atoms with Gasteiger partial charge in [-0.25, -0.2) is 4.79 Å². The summed E-state index contributed by atoms with van der Waals surface area (Å²) in [5.74, 6) is 2.30. The van der Waals surface area contributed by atoms with E-state index >= 15 is 0 Å². The zero-order valence-corrected chi connectivity index (χ0v) is 32.3. The first-order chi connectivity index (χ1) is 27.3. The number of halogens is 1. The van der Waals surface area contributed by atoms with Crippen LogP contribution < -0.4 is 25.2 Å². The largest absolute Gasteiger partial charge is 0.490 e. The molecule has 5 heterocycles. The zero-order chi connectivity index (χ0) is 38.6. The minimum Gasteiger partial charge on any atom is -0.490 e. The van der Waals surface area contributed by atoms with Crippen LogP contribution in [0.15, 0.2) is 60.8 Å². The molecule has 4 aromatic rings. The number of nitrogens with one attached hydrogen (secondary N) is 2. The summed E-state index contributed by atoms with van der Waals surface area (Å²) in [4.78, 5) is 43.8. The monoisotopic (exact) mass is 777 g/mol. The lowest BCUT2D eigenvalue weighted by molar-refractivity contribution is -0.120. The first kappa shape index (κ1) is 37.7. The zero-order valence-electron chi connectivity index (χ0n) is 31.5. The Morgan fingerprint density at radius 2 is 1.66 bits per heavy atom. The normalized spacial score (nSPS) is 21.5. The number of nitriles is 1. The molecule has 8 rings (SSSR count). The highest BCUT2D eigenvalue weighted by atomic mass is 35.5. The molecule has 4 amide bonds. The number of anilines is 2. The molecule has 0 unspecified atom stereocenters. The fourth-order valence-corrected chi connectivity index (χ4v) is 9.00. The van der Waals surface area contributed by atoms with Gasteiger partial charge in [0.1, 0.15) is 11.8 Å². The molecule has 2 aromatic heterocycles. The Balaban J connectivity index is 0.744. The van der Waals surface area contributed by atoms with E-state index in [2.05, 4.69) is 59.6 Å². The van der Waals surface area contributed by atoms with E-state index < -0.39 is 0 Å². The third-order valence-corrected chi connectivity index (χ3v) is 12.3. The Labute approximate surface area is 331 Å². The predicted molar refractivity (Wildman–Crippen MR) is 214 cm³/mol. The molecule has 2 N–H and O–H groups in total. The van der Waals surface area contributed by atoms with Gasteiger partial charge in [-0.1, -0.05) is 17.7 Å². The van der Waals surface area contributed by atoms with Crippen LogP contribution in [0.4, 0.5) is 16.3 Å². The van der Waals surface area contributed by atoms with Crippen LogP contribution in [-0.4, -0.2) is 88.9 Å². The standard InChI is InChI=1S/C42H48ClN9O4/c43-35-24-33(7-4-30(35)25-44)56-32-8-5-31(6-9-32)45-41(54)36-10-11-39(48-47-36)50-20-14-28(15-21-50)26-49-18-12-29(13-19-49)27-51-22-16-34-37(51)2-1-3-38(34)52-23-17-40(53)46-42(52)55/h1-4,7,10-11,16,22,24,28-29,31-32H,5-6,8-9,12-15,17-21,23,26-27H2,(H,45,54)(H,46,53,55)/t31-,32-. The Bertz CT molecular complexity index is 2090. The molecule has 292 valence electrons. The van der Waals surface area contributed by atoms with Crippen molar-refractivity contribution in [2.75, 3.05) is 49.1 Å². The molecule has 0 bridgehead atoms. The van der Waals surface area contributed by atoms with Crippen molar-refractivity contribution < 1.29 is 19.1 Å². The Hall–Kier alpha value is -5.19. The highest BCUT2D eigenvalue weighted by molar-refractivity contribution is 6.31. The number of hydrogen-bond donors (Lipinski definition) is 2. The fourth-order valence-electron chi connectivity index (χ4n) is 8.79. The van der Waals surface area contributed by atoms with E-state index in [-0.39, 0.29) is 30.0 Å². The Morgan fingerprint density at radius 1 is 0.893 bits per heavy atom. The topological polar surface area (TPSA) is 149 Å². The van der Waals surface area contributed by atoms with Gasteiger partial charge in [-0.3, -0.25) is 19.8 Å². The van der Waals surface area contributed by atoms with Crippen molar-refractivity contribution in [1.29, 1.82) is 5.26 Å². The molecule has 1 saturated carbocycles. The maximum Gasteiger partial charge on any atom is 0.328 e. The average Bonchev–Trinajstić information content (AvgIpc) is 3.63. The van der Waals surface area contributed by atoms with E-state index in [1.807, 2.05) is 18.2 Å². The number of urea groups is 1. The number of imide groups is 1. The first-order valence-electron chi connectivity index (χ1n) is 20.0. The minimum atomic E-state index is -0.351. The van der Waals surface area contributed by atoms with Crippen LogP contribution in [0.2, 0.25) is 5.02 Å². The fraction of sp³-hybridized carbons (Fsp3) is 0.476. The van der Waals surface area contributed by atoms with Gasteiger partial charge in [0.2, 0.25) is 5.91 Å². The number of carbonyl (C=O) groups excluding carboxylic acids is 3. The van der Waals surface area contributed by atoms with E-state index in [4.69, 9.17) is 21.6 Å². The summed E-state index contributed by atoms with van der Waals surface area (Å²) in [6.07, 6.45) is 10.3. The number of benzene rings is 2. The quantitative estimate of drug-likeness (QED) is 0.193. The van der Waals surface area contributed by atoms with Gasteiger partial charge in [-0.15, -0.1) is 10.2 Å². The second-order valence-electron chi connectivity index (χ2n) is 15.7. The van der Waals surface area contributed by atoms with Crippen LogP contribution in [-0.2, 0) is 11.3 Å². The maximum absolute atomic E-state index is 13.0. The van der Waals surface area contributed by atoms with E-state index in [1.165, 1.54) is 0 Å². The number of carbonyl (C=O) groups is 3. The van der Waals surface area contributed by atoms with Gasteiger partial charge in [0.05, 0.1) is 27.9 Å². The van der Waals surface area contributed by atoms with Crippen LogP contribution in [0, 0.1) is 23.2 Å². The Morgan fingerprint density at radius 3 is 2.38 bits per heavy atom. The molecular formula is C42H48ClN9O4. The SMILES string of the molecule is N#Cc1ccc(O[C@H]2CC[C@H](NC(=O)c3ccc(N4CCC(CN5CCC(Cn6ccc7c(N8CCC(=O)NC8=O)cccc76)CC5)CC4)nn3)CC2)cc1Cl. The van der Waals surface area contributed by atoms with Crippen LogP contribution in [0.1, 0.15) is 73.8 Å². The lowest BCUT2D eigenvalue weighted by atomic mass is 9.92. The first-order valence-corrected chi connectivity index (χ1v) is 20.3. The predicted octanol–water partition coefficient (Wildman–Crippen LogP) is 6.15. The highest BCUT2D eigenvalue weighted by Gasteiger charge is 2.29. The lowest BCUT2D eigenvalue weighted by Gasteiger charge is -2.38. The minimum absolute atomic E-state index is 0.0370. The number of rotatable bonds is 10. The molecule has 0 atom stereocenters. The van der Waals surface area contributed by atoms with E-state index in [9.17, 15) is 14.4 Å². The number of amides is 4. The number of aromatic nitrogens is 3. The molecule has 13 nitrogen and oxygen atoms in total. The molecule has 56 heavy (non-hydrogen) atoms. The third-order valence-electron chi connectivity index (χ3n) is 12.0. The van der Waals surface area contributed by atoms with Crippen molar-refractivity contribution in [3.8, 4) is 11.8 Å². The molecule has 4 aliphatic rings. The summed E-state index contributed by atoms with van der Waals surface area (Å²) in [6.45, 7) is 6.55. The molecular weight excluding hydrogens is 730 g/mol. The van der Waals surface area contributed by atoms with Crippen molar-refractivity contribution >= 4 is 51.9 Å². The van der Waals surface area contributed by atoms with Crippen molar-refractivity contribution in [3.63, 3.8) is 0 Å². The molecule has 0 radical (unpaired) electrons. The summed E-state index contributed by atoms with van der Waals surface area (Å²) in [5, 5.41) is 24.8. The second-order valence-corrected chi connectivity index (χ2v) is 16.1. The van der Waals surface area contributed by atoms with E-state index in [0.29, 0.717) is 46.8 Å². The summed E-state index contributed by atoms with van der Waals surface area (Å²) < 4.78 is 8.41. The maximum atomic E-state index is 13.0. The van der Waals surface area contributed by atoms with Crippen molar-refractivity contribution in [2.24, 2.45) is 11.8 Å². The molecule has 1 aliphatic carbocycles. The van der Waals surface area contributed by atoms with Crippen molar-refractivity contribution in [3.05, 3.63) is 77.1 Å². The summed E-state index contributed by atoms with van der Waals surface area (Å²) >= 11 is 6.15.